The molecular formula is C16H24ClNO4. The third-order valence-electron chi connectivity index (χ3n) is 2.99. The largest absolute Gasteiger partial charge is 0.493 e. The van der Waals surface area contributed by atoms with Crippen LogP contribution in [-0.4, -0.2) is 37.4 Å². The molecule has 0 bridgehead atoms. The van der Waals surface area contributed by atoms with Gasteiger partial charge in [0.15, 0.2) is 11.5 Å². The van der Waals surface area contributed by atoms with Crippen molar-refractivity contribution in [3.63, 3.8) is 0 Å². The fraction of sp³-hybridized carbons (Fsp3) is 0.562. The summed E-state index contributed by atoms with van der Waals surface area (Å²) < 4.78 is 10.9. The topological polar surface area (TPSA) is 67.8 Å². The summed E-state index contributed by atoms with van der Waals surface area (Å²) in [7, 11) is 1.50. The summed E-state index contributed by atoms with van der Waals surface area (Å²) in [5.74, 6) is 1.06. The minimum absolute atomic E-state index is 0.172. The maximum Gasteiger partial charge on any atom is 0.251 e. The number of carbonyl (C=O) groups excluding carboxylic acids is 1. The Labute approximate surface area is 136 Å². The number of hydrogen-bond donors (Lipinski definition) is 2. The minimum atomic E-state index is -0.611. The molecule has 0 aromatic heterocycles. The van der Waals surface area contributed by atoms with Gasteiger partial charge >= 0.3 is 0 Å². The molecule has 1 atom stereocenters. The number of methoxy groups -OCH3 is 1. The summed E-state index contributed by atoms with van der Waals surface area (Å²) >= 11 is 6.20. The van der Waals surface area contributed by atoms with Crippen molar-refractivity contribution in [2.45, 2.75) is 33.3 Å². The van der Waals surface area contributed by atoms with Gasteiger partial charge in [0, 0.05) is 12.1 Å². The molecule has 0 aliphatic rings. The number of aliphatic hydroxyl groups is 1. The first-order valence-electron chi connectivity index (χ1n) is 7.31. The van der Waals surface area contributed by atoms with Gasteiger partial charge in [-0.3, -0.25) is 4.79 Å². The van der Waals surface area contributed by atoms with Gasteiger partial charge < -0.3 is 19.9 Å². The van der Waals surface area contributed by atoms with Gasteiger partial charge in [-0.15, -0.1) is 0 Å². The van der Waals surface area contributed by atoms with Gasteiger partial charge in [0.1, 0.15) is 0 Å². The molecule has 1 rings (SSSR count). The first-order chi connectivity index (χ1) is 10.3. The van der Waals surface area contributed by atoms with Crippen LogP contribution < -0.4 is 14.8 Å². The molecule has 0 saturated carbocycles. The molecule has 0 radical (unpaired) electrons. The molecule has 22 heavy (non-hydrogen) atoms. The van der Waals surface area contributed by atoms with Crippen LogP contribution >= 0.6 is 11.6 Å². The zero-order chi connectivity index (χ0) is 16.7. The van der Waals surface area contributed by atoms with Crippen LogP contribution in [0.25, 0.3) is 0 Å². The Morgan fingerprint density at radius 1 is 1.36 bits per heavy atom. The van der Waals surface area contributed by atoms with E-state index in [0.29, 0.717) is 34.6 Å². The lowest BCUT2D eigenvalue weighted by Crippen LogP contribution is -2.30. The molecule has 1 amide bonds. The molecule has 1 aromatic rings. The number of carbonyl (C=O) groups is 1. The highest BCUT2D eigenvalue weighted by Gasteiger charge is 2.16. The second-order valence-corrected chi connectivity index (χ2v) is 5.99. The van der Waals surface area contributed by atoms with E-state index in [1.165, 1.54) is 13.2 Å². The third-order valence-corrected chi connectivity index (χ3v) is 3.27. The molecule has 2 N–H and O–H groups in total. The Bertz CT molecular complexity index is 503. The second kappa shape index (κ2) is 8.86. The van der Waals surface area contributed by atoms with E-state index in [1.54, 1.807) is 13.0 Å². The van der Waals surface area contributed by atoms with Crippen LogP contribution in [0, 0.1) is 5.92 Å². The van der Waals surface area contributed by atoms with Crippen molar-refractivity contribution in [3.05, 3.63) is 22.7 Å². The van der Waals surface area contributed by atoms with Gasteiger partial charge in [0.25, 0.3) is 5.91 Å². The van der Waals surface area contributed by atoms with E-state index in [0.717, 1.165) is 6.42 Å². The van der Waals surface area contributed by atoms with Gasteiger partial charge in [-0.2, -0.15) is 0 Å². The van der Waals surface area contributed by atoms with Crippen LogP contribution in [0.3, 0.4) is 0 Å². The summed E-state index contributed by atoms with van der Waals surface area (Å²) in [5, 5.41) is 12.1. The molecular weight excluding hydrogens is 306 g/mol. The summed E-state index contributed by atoms with van der Waals surface area (Å²) in [6, 6.07) is 3.11. The molecule has 124 valence electrons. The maximum absolute atomic E-state index is 12.0. The van der Waals surface area contributed by atoms with Gasteiger partial charge in [-0.05, 0) is 31.4 Å². The van der Waals surface area contributed by atoms with E-state index >= 15 is 0 Å². The van der Waals surface area contributed by atoms with E-state index in [4.69, 9.17) is 21.1 Å². The van der Waals surface area contributed by atoms with Crippen molar-refractivity contribution < 1.29 is 19.4 Å². The van der Waals surface area contributed by atoms with Crippen molar-refractivity contribution in [3.8, 4) is 11.5 Å². The standard InChI is InChI=1S/C16H24ClNO4/c1-10(2)5-6-22-15-13(17)7-12(8-14(15)21-4)16(20)18-9-11(3)19/h7-8,10-11,19H,5-6,9H2,1-4H3,(H,18,20). The lowest BCUT2D eigenvalue weighted by atomic mass is 10.1. The fourth-order valence-electron chi connectivity index (χ4n) is 1.73. The van der Waals surface area contributed by atoms with E-state index in [9.17, 15) is 9.90 Å². The second-order valence-electron chi connectivity index (χ2n) is 5.58. The van der Waals surface area contributed by atoms with Crippen LogP contribution in [0.5, 0.6) is 11.5 Å². The van der Waals surface area contributed by atoms with Crippen LogP contribution in [0.2, 0.25) is 5.02 Å². The number of nitrogens with one attached hydrogen (secondary N) is 1. The summed E-state index contributed by atoms with van der Waals surface area (Å²) in [5.41, 5.74) is 0.360. The summed E-state index contributed by atoms with van der Waals surface area (Å²) in [6.07, 6.45) is 0.288. The smallest absolute Gasteiger partial charge is 0.251 e. The Balaban J connectivity index is 2.87. The first-order valence-corrected chi connectivity index (χ1v) is 7.69. The maximum atomic E-state index is 12.0. The third kappa shape index (κ3) is 5.73. The number of aliphatic hydroxyl groups excluding tert-OH is 1. The molecule has 1 aromatic carbocycles. The van der Waals surface area contributed by atoms with Gasteiger partial charge in [-0.1, -0.05) is 25.4 Å². The van der Waals surface area contributed by atoms with E-state index in [2.05, 4.69) is 19.2 Å². The molecule has 0 saturated heterocycles. The summed E-state index contributed by atoms with van der Waals surface area (Å²) in [6.45, 7) is 6.52. The van der Waals surface area contributed by atoms with Crippen LogP contribution in [-0.2, 0) is 0 Å². The Morgan fingerprint density at radius 2 is 2.05 bits per heavy atom. The number of ether oxygens (including phenoxy) is 2. The van der Waals surface area contributed by atoms with Gasteiger partial charge in [-0.25, -0.2) is 0 Å². The number of benzene rings is 1. The van der Waals surface area contributed by atoms with E-state index in [1.807, 2.05) is 0 Å². The molecule has 0 fully saturated rings. The monoisotopic (exact) mass is 329 g/mol. The van der Waals surface area contributed by atoms with Crippen LogP contribution in [0.4, 0.5) is 0 Å². The van der Waals surface area contributed by atoms with Gasteiger partial charge in [0.05, 0.1) is 24.8 Å². The Morgan fingerprint density at radius 3 is 2.59 bits per heavy atom. The van der Waals surface area contributed by atoms with Gasteiger partial charge in [0.2, 0.25) is 0 Å². The average Bonchev–Trinajstić information content (AvgIpc) is 2.45. The molecule has 1 unspecified atom stereocenters. The average molecular weight is 330 g/mol. The number of halogens is 1. The van der Waals surface area contributed by atoms with E-state index < -0.39 is 6.10 Å². The first kappa shape index (κ1) is 18.6. The number of amides is 1. The highest BCUT2D eigenvalue weighted by Crippen LogP contribution is 2.36. The summed E-state index contributed by atoms with van der Waals surface area (Å²) in [4.78, 5) is 12.0. The van der Waals surface area contributed by atoms with Crippen molar-refractivity contribution in [1.82, 2.24) is 5.32 Å². The van der Waals surface area contributed by atoms with E-state index in [-0.39, 0.29) is 12.5 Å². The highest BCUT2D eigenvalue weighted by atomic mass is 35.5. The zero-order valence-electron chi connectivity index (χ0n) is 13.5. The van der Waals surface area contributed by atoms with Crippen molar-refractivity contribution in [2.24, 2.45) is 5.92 Å². The molecule has 0 aliphatic heterocycles. The number of hydrogen-bond acceptors (Lipinski definition) is 4. The normalized spacial score (nSPS) is 12.1. The zero-order valence-corrected chi connectivity index (χ0v) is 14.2. The highest BCUT2D eigenvalue weighted by molar-refractivity contribution is 6.32. The fourth-order valence-corrected chi connectivity index (χ4v) is 2.00. The predicted molar refractivity (Wildman–Crippen MR) is 87.0 cm³/mol. The number of rotatable bonds is 8. The lowest BCUT2D eigenvalue weighted by Gasteiger charge is -2.15. The Hall–Kier alpha value is -1.46. The molecule has 0 aliphatic carbocycles. The van der Waals surface area contributed by atoms with Crippen molar-refractivity contribution >= 4 is 17.5 Å². The predicted octanol–water partition coefficient (Wildman–Crippen LogP) is 2.88. The molecule has 0 spiro atoms. The van der Waals surface area contributed by atoms with Crippen molar-refractivity contribution in [1.29, 1.82) is 0 Å². The Kier molecular flexibility index (Phi) is 7.48. The van der Waals surface area contributed by atoms with Crippen LogP contribution in [0.1, 0.15) is 37.6 Å². The molecule has 0 heterocycles. The molecule has 6 heteroatoms. The van der Waals surface area contributed by atoms with Crippen molar-refractivity contribution in [2.75, 3.05) is 20.3 Å². The SMILES string of the molecule is COc1cc(C(=O)NCC(C)O)cc(Cl)c1OCCC(C)C. The lowest BCUT2D eigenvalue weighted by molar-refractivity contribution is 0.0923. The quantitative estimate of drug-likeness (QED) is 0.769. The minimum Gasteiger partial charge on any atom is -0.493 e. The van der Waals surface area contributed by atoms with Crippen LogP contribution in [0.15, 0.2) is 12.1 Å². The molecule has 5 nitrogen and oxygen atoms in total.